The van der Waals surface area contributed by atoms with E-state index in [1.54, 1.807) is 25.1 Å². The molecule has 0 heterocycles. The van der Waals surface area contributed by atoms with Gasteiger partial charge in [-0.3, -0.25) is 4.79 Å². The molecule has 0 aliphatic carbocycles. The number of nitriles is 1. The first-order valence-corrected chi connectivity index (χ1v) is 5.74. The number of nitrogens with zero attached hydrogens (tertiary/aromatic N) is 1. The number of carbonyl (C=O) groups excluding carboxylic acids is 1. The Morgan fingerprint density at radius 2 is 2.38 bits per heavy atom. The van der Waals surface area contributed by atoms with Crippen LogP contribution in [0.25, 0.3) is 0 Å². The van der Waals surface area contributed by atoms with Crippen LogP contribution < -0.4 is 5.73 Å². The third-order valence-corrected chi connectivity index (χ3v) is 2.77. The van der Waals surface area contributed by atoms with Crippen LogP contribution in [-0.2, 0) is 9.53 Å². The Labute approximate surface area is 98.4 Å². The van der Waals surface area contributed by atoms with E-state index in [1.807, 2.05) is 6.07 Å². The number of ether oxygens (including phenoxy) is 1. The molecule has 0 bridgehead atoms. The topological polar surface area (TPSA) is 76.1 Å². The minimum atomic E-state index is -0.261. The van der Waals surface area contributed by atoms with Crippen molar-refractivity contribution < 1.29 is 9.53 Å². The van der Waals surface area contributed by atoms with Crippen LogP contribution in [0, 0.1) is 11.3 Å². The molecule has 0 radical (unpaired) electrons. The van der Waals surface area contributed by atoms with Crippen molar-refractivity contribution in [1.82, 2.24) is 0 Å². The predicted octanol–water partition coefficient (Wildman–Crippen LogP) is 1.80. The Kier molecular flexibility index (Phi) is 4.67. The maximum atomic E-state index is 11.1. The van der Waals surface area contributed by atoms with E-state index in [-0.39, 0.29) is 11.7 Å². The van der Waals surface area contributed by atoms with Crippen molar-refractivity contribution in [1.29, 1.82) is 5.26 Å². The summed E-state index contributed by atoms with van der Waals surface area (Å²) in [4.78, 5) is 11.9. The van der Waals surface area contributed by atoms with Crippen LogP contribution in [-0.4, -0.2) is 18.3 Å². The molecule has 0 amide bonds. The predicted molar refractivity (Wildman–Crippen MR) is 62.9 cm³/mol. The average Bonchev–Trinajstić information content (AvgIpc) is 2.28. The Hall–Kier alpha value is -1.67. The molecule has 0 fully saturated rings. The molecule has 2 N–H and O–H groups in total. The zero-order chi connectivity index (χ0) is 12.0. The van der Waals surface area contributed by atoms with Gasteiger partial charge in [0, 0.05) is 10.6 Å². The van der Waals surface area contributed by atoms with E-state index in [9.17, 15) is 4.79 Å². The molecular formula is C11H12N2O2S. The van der Waals surface area contributed by atoms with E-state index in [4.69, 9.17) is 15.7 Å². The van der Waals surface area contributed by atoms with Gasteiger partial charge < -0.3 is 10.5 Å². The highest BCUT2D eigenvalue weighted by molar-refractivity contribution is 8.00. The lowest BCUT2D eigenvalue weighted by Crippen LogP contribution is -2.06. The number of esters is 1. The molecule has 0 aromatic heterocycles. The maximum Gasteiger partial charge on any atom is 0.316 e. The number of nitrogens with two attached hydrogens (primary N) is 1. The largest absolute Gasteiger partial charge is 0.465 e. The molecule has 1 rings (SSSR count). The van der Waals surface area contributed by atoms with Gasteiger partial charge in [-0.25, -0.2) is 0 Å². The van der Waals surface area contributed by atoms with Gasteiger partial charge >= 0.3 is 5.97 Å². The van der Waals surface area contributed by atoms with Gasteiger partial charge in [0.1, 0.15) is 6.07 Å². The molecule has 0 spiro atoms. The lowest BCUT2D eigenvalue weighted by atomic mass is 10.2. The van der Waals surface area contributed by atoms with E-state index >= 15 is 0 Å². The average molecular weight is 236 g/mol. The minimum absolute atomic E-state index is 0.239. The third kappa shape index (κ3) is 3.48. The lowest BCUT2D eigenvalue weighted by Gasteiger charge is -2.03. The van der Waals surface area contributed by atoms with E-state index < -0.39 is 0 Å². The van der Waals surface area contributed by atoms with Gasteiger partial charge in [0.05, 0.1) is 17.9 Å². The normalized spacial score (nSPS) is 9.50. The zero-order valence-electron chi connectivity index (χ0n) is 8.90. The van der Waals surface area contributed by atoms with Crippen molar-refractivity contribution >= 4 is 23.4 Å². The molecule has 0 aliphatic rings. The monoisotopic (exact) mass is 236 g/mol. The first-order valence-electron chi connectivity index (χ1n) is 4.75. The van der Waals surface area contributed by atoms with Crippen LogP contribution >= 0.6 is 11.8 Å². The summed E-state index contributed by atoms with van der Waals surface area (Å²) in [6, 6.07) is 7.10. The molecule has 0 saturated carbocycles. The number of benzene rings is 1. The highest BCUT2D eigenvalue weighted by Crippen LogP contribution is 2.22. The van der Waals surface area contributed by atoms with Crippen molar-refractivity contribution in [2.75, 3.05) is 18.1 Å². The van der Waals surface area contributed by atoms with Crippen LogP contribution in [0.1, 0.15) is 12.5 Å². The molecule has 0 aliphatic heterocycles. The fourth-order valence-corrected chi connectivity index (χ4v) is 1.80. The number of nitrogen functional groups attached to an aromatic ring is 1. The Bertz CT molecular complexity index is 426. The summed E-state index contributed by atoms with van der Waals surface area (Å²) in [6.07, 6.45) is 0. The van der Waals surface area contributed by atoms with Gasteiger partial charge in [-0.2, -0.15) is 5.26 Å². The summed E-state index contributed by atoms with van der Waals surface area (Å²) in [5, 5.41) is 8.77. The highest BCUT2D eigenvalue weighted by atomic mass is 32.2. The second-order valence-electron chi connectivity index (χ2n) is 2.95. The molecule has 1 aromatic carbocycles. The Balaban J connectivity index is 2.62. The first kappa shape index (κ1) is 12.4. The first-order chi connectivity index (χ1) is 7.67. The van der Waals surface area contributed by atoms with Crippen molar-refractivity contribution in [2.24, 2.45) is 0 Å². The summed E-state index contributed by atoms with van der Waals surface area (Å²) in [6.45, 7) is 2.14. The van der Waals surface area contributed by atoms with Crippen molar-refractivity contribution in [3.63, 3.8) is 0 Å². The number of anilines is 1. The van der Waals surface area contributed by atoms with E-state index in [1.165, 1.54) is 11.8 Å². The standard InChI is InChI=1S/C11H12N2O2S/c1-2-15-11(14)7-16-9-3-4-10(13)8(5-9)6-12/h3-5H,2,7,13H2,1H3. The summed E-state index contributed by atoms with van der Waals surface area (Å²) in [7, 11) is 0. The van der Waals surface area contributed by atoms with Gasteiger partial charge in [0.2, 0.25) is 0 Å². The maximum absolute atomic E-state index is 11.1. The second-order valence-corrected chi connectivity index (χ2v) is 4.00. The number of rotatable bonds is 4. The van der Waals surface area contributed by atoms with Crippen molar-refractivity contribution in [3.05, 3.63) is 23.8 Å². The molecule has 0 atom stereocenters. The highest BCUT2D eigenvalue weighted by Gasteiger charge is 2.05. The van der Waals surface area contributed by atoms with Crippen LogP contribution in [0.3, 0.4) is 0 Å². The molecule has 84 valence electrons. The summed E-state index contributed by atoms with van der Waals surface area (Å²) >= 11 is 1.33. The van der Waals surface area contributed by atoms with Crippen molar-refractivity contribution in [2.45, 2.75) is 11.8 Å². The third-order valence-electron chi connectivity index (χ3n) is 1.81. The summed E-state index contributed by atoms with van der Waals surface area (Å²) in [5.41, 5.74) is 6.45. The van der Waals surface area contributed by atoms with Crippen molar-refractivity contribution in [3.8, 4) is 6.07 Å². The Morgan fingerprint density at radius 3 is 3.00 bits per heavy atom. The number of carbonyl (C=O) groups is 1. The van der Waals surface area contributed by atoms with E-state index in [2.05, 4.69) is 0 Å². The molecule has 5 heteroatoms. The molecule has 16 heavy (non-hydrogen) atoms. The number of hydrogen-bond donors (Lipinski definition) is 1. The molecule has 0 saturated heterocycles. The van der Waals surface area contributed by atoms with Crippen LogP contribution in [0.15, 0.2) is 23.1 Å². The molecule has 4 nitrogen and oxygen atoms in total. The van der Waals surface area contributed by atoms with Gasteiger partial charge in [-0.1, -0.05) is 0 Å². The molecular weight excluding hydrogens is 224 g/mol. The van der Waals surface area contributed by atoms with Gasteiger partial charge in [0.15, 0.2) is 0 Å². The van der Waals surface area contributed by atoms with Crippen LogP contribution in [0.4, 0.5) is 5.69 Å². The summed E-state index contributed by atoms with van der Waals surface area (Å²) < 4.78 is 4.79. The Morgan fingerprint density at radius 1 is 1.62 bits per heavy atom. The smallest absolute Gasteiger partial charge is 0.316 e. The quantitative estimate of drug-likeness (QED) is 0.490. The fraction of sp³-hybridized carbons (Fsp3) is 0.273. The minimum Gasteiger partial charge on any atom is -0.465 e. The van der Waals surface area contributed by atoms with E-state index in [0.29, 0.717) is 17.9 Å². The number of hydrogen-bond acceptors (Lipinski definition) is 5. The van der Waals surface area contributed by atoms with Crippen LogP contribution in [0.5, 0.6) is 0 Å². The fourth-order valence-electron chi connectivity index (χ4n) is 1.07. The van der Waals surface area contributed by atoms with Gasteiger partial charge in [0.25, 0.3) is 0 Å². The molecule has 1 aromatic rings. The number of thioether (sulfide) groups is 1. The lowest BCUT2D eigenvalue weighted by molar-refractivity contribution is -0.139. The van der Waals surface area contributed by atoms with E-state index in [0.717, 1.165) is 4.90 Å². The second kappa shape index (κ2) is 6.03. The molecule has 0 unspecified atom stereocenters. The zero-order valence-corrected chi connectivity index (χ0v) is 9.71. The van der Waals surface area contributed by atoms with Gasteiger partial charge in [-0.15, -0.1) is 11.8 Å². The summed E-state index contributed by atoms with van der Waals surface area (Å²) in [5.74, 6) is -0.0225. The van der Waals surface area contributed by atoms with Crippen LogP contribution in [0.2, 0.25) is 0 Å². The SMILES string of the molecule is CCOC(=O)CSc1ccc(N)c(C#N)c1. The van der Waals surface area contributed by atoms with Gasteiger partial charge in [-0.05, 0) is 25.1 Å².